The van der Waals surface area contributed by atoms with Crippen molar-refractivity contribution in [1.29, 1.82) is 0 Å². The number of β-lactam (4-membered cyclic amide) rings is 1. The number of nitro groups is 1. The highest BCUT2D eigenvalue weighted by Gasteiger charge is 2.60. The number of thioether (sulfide) groups is 1. The van der Waals surface area contributed by atoms with Crippen molar-refractivity contribution in [3.05, 3.63) is 62.8 Å². The number of carbonyl (C=O) groups excluding carboxylic acids is 2. The second-order valence-corrected chi connectivity index (χ2v) is 12.0. The summed E-state index contributed by atoms with van der Waals surface area (Å²) in [7, 11) is 2.11. The molecule has 3 fully saturated rings. The van der Waals surface area contributed by atoms with Crippen molar-refractivity contribution < 1.29 is 24.4 Å². The van der Waals surface area contributed by atoms with Crippen LogP contribution in [0.3, 0.4) is 0 Å². The van der Waals surface area contributed by atoms with Crippen LogP contribution in [-0.2, 0) is 20.9 Å². The average Bonchev–Trinajstić information content (AvgIpc) is 3.31. The molecular weight excluding hydrogens is 508 g/mol. The van der Waals surface area contributed by atoms with Crippen LogP contribution in [0.4, 0.5) is 5.69 Å². The highest BCUT2D eigenvalue weighted by atomic mass is 32.2. The van der Waals surface area contributed by atoms with Crippen molar-refractivity contribution in [3.63, 3.8) is 0 Å². The standard InChI is InChI=1S/C27H34N4O6S/c1-16-23-22(17(2)32)26(33)30(23)24(27(34)37-15-18-5-7-19(8-6-18)31(35)36)25(16)38-21-13-20(28(3)14-21)9-12-29-10-4-11-29/h5-9,12,16-17,20-23,32H,4,10-11,13-15H2,1-3H3/b12-9+/t16-,17-,20-,21+,22-,23-/m1/s1. The number of aliphatic hydroxyl groups is 1. The first-order chi connectivity index (χ1) is 18.2. The van der Waals surface area contributed by atoms with E-state index >= 15 is 0 Å². The number of esters is 1. The summed E-state index contributed by atoms with van der Waals surface area (Å²) in [4.78, 5) is 43.8. The fraction of sp³-hybridized carbons (Fsp3) is 0.556. The van der Waals surface area contributed by atoms with Crippen LogP contribution in [-0.4, -0.2) is 86.7 Å². The molecular formula is C27H34N4O6S. The number of benzene rings is 1. The number of non-ortho nitro benzene ring substituents is 1. The molecule has 6 atom stereocenters. The normalized spacial score (nSPS) is 29.9. The van der Waals surface area contributed by atoms with Gasteiger partial charge in [-0.15, -0.1) is 11.8 Å². The number of carbonyl (C=O) groups is 2. The molecule has 4 aliphatic heterocycles. The van der Waals surface area contributed by atoms with Crippen LogP contribution in [0.25, 0.3) is 0 Å². The van der Waals surface area contributed by atoms with Crippen LogP contribution in [0.15, 0.2) is 47.1 Å². The molecule has 11 heteroatoms. The lowest BCUT2D eigenvalue weighted by Gasteiger charge is -2.46. The van der Waals surface area contributed by atoms with Gasteiger partial charge >= 0.3 is 5.97 Å². The molecule has 204 valence electrons. The van der Waals surface area contributed by atoms with Gasteiger partial charge in [0.1, 0.15) is 12.3 Å². The van der Waals surface area contributed by atoms with Gasteiger partial charge in [0.2, 0.25) is 5.91 Å². The first-order valence-corrected chi connectivity index (χ1v) is 14.0. The summed E-state index contributed by atoms with van der Waals surface area (Å²) in [6.45, 7) is 6.64. The van der Waals surface area contributed by atoms with Crippen molar-refractivity contribution in [3.8, 4) is 0 Å². The maximum absolute atomic E-state index is 13.4. The lowest BCUT2D eigenvalue weighted by atomic mass is 9.79. The molecule has 5 rings (SSSR count). The van der Waals surface area contributed by atoms with Crippen LogP contribution >= 0.6 is 11.8 Å². The fourth-order valence-electron chi connectivity index (χ4n) is 5.78. The molecule has 3 saturated heterocycles. The molecule has 1 amide bonds. The Morgan fingerprint density at radius 2 is 2.03 bits per heavy atom. The second-order valence-electron chi connectivity index (χ2n) is 10.7. The van der Waals surface area contributed by atoms with Gasteiger partial charge in [-0.25, -0.2) is 4.79 Å². The van der Waals surface area contributed by atoms with Crippen molar-refractivity contribution in [1.82, 2.24) is 14.7 Å². The van der Waals surface area contributed by atoms with Crippen molar-refractivity contribution in [2.75, 3.05) is 26.7 Å². The van der Waals surface area contributed by atoms with Gasteiger partial charge in [0.15, 0.2) is 0 Å². The van der Waals surface area contributed by atoms with Gasteiger partial charge in [0, 0.05) is 53.9 Å². The summed E-state index contributed by atoms with van der Waals surface area (Å²) in [6.07, 6.45) is 5.81. The second kappa shape index (κ2) is 10.7. The Kier molecular flexibility index (Phi) is 7.52. The van der Waals surface area contributed by atoms with Crippen molar-refractivity contribution in [2.45, 2.75) is 56.7 Å². The lowest BCUT2D eigenvalue weighted by Crippen LogP contribution is -2.63. The van der Waals surface area contributed by atoms with Gasteiger partial charge in [0.25, 0.3) is 5.69 Å². The summed E-state index contributed by atoms with van der Waals surface area (Å²) in [5, 5.41) is 21.4. The number of rotatable bonds is 9. The van der Waals surface area contributed by atoms with Gasteiger partial charge in [-0.05, 0) is 50.7 Å². The van der Waals surface area contributed by atoms with Gasteiger partial charge < -0.3 is 19.6 Å². The Morgan fingerprint density at radius 3 is 2.63 bits per heavy atom. The molecule has 0 spiro atoms. The first-order valence-electron chi connectivity index (χ1n) is 13.1. The van der Waals surface area contributed by atoms with Crippen LogP contribution in [0.1, 0.15) is 32.3 Å². The van der Waals surface area contributed by atoms with E-state index < -0.39 is 22.9 Å². The van der Waals surface area contributed by atoms with Crippen molar-refractivity contribution in [2.24, 2.45) is 11.8 Å². The molecule has 0 aromatic heterocycles. The van der Waals surface area contributed by atoms with E-state index in [9.17, 15) is 24.8 Å². The molecule has 1 aromatic rings. The molecule has 4 aliphatic rings. The third-order valence-electron chi connectivity index (χ3n) is 8.08. The summed E-state index contributed by atoms with van der Waals surface area (Å²) in [5.41, 5.74) is 0.856. The predicted molar refractivity (Wildman–Crippen MR) is 143 cm³/mol. The molecule has 0 saturated carbocycles. The SMILES string of the molecule is C[C@@H](O)[C@H]1C(=O)N2C(C(=O)OCc3ccc([N+](=O)[O-])cc3)=C(S[C@H]3C[C@@H](/C=C/N4CCC4)N(C)C3)[C@H](C)[C@H]12. The van der Waals surface area contributed by atoms with Crippen molar-refractivity contribution >= 4 is 29.3 Å². The number of aliphatic hydroxyl groups excluding tert-OH is 1. The van der Waals surface area contributed by atoms with E-state index in [1.54, 1.807) is 30.8 Å². The highest BCUT2D eigenvalue weighted by molar-refractivity contribution is 8.03. The van der Waals surface area contributed by atoms with Crippen LogP contribution < -0.4 is 0 Å². The highest BCUT2D eigenvalue weighted by Crippen LogP contribution is 2.52. The van der Waals surface area contributed by atoms with Crippen LogP contribution in [0.5, 0.6) is 0 Å². The molecule has 4 heterocycles. The number of hydrogen-bond acceptors (Lipinski definition) is 9. The maximum Gasteiger partial charge on any atom is 0.356 e. The molecule has 38 heavy (non-hydrogen) atoms. The van der Waals surface area contributed by atoms with E-state index in [0.717, 1.165) is 31.0 Å². The third-order valence-corrected chi connectivity index (χ3v) is 9.58. The zero-order valence-corrected chi connectivity index (χ0v) is 22.7. The molecule has 0 aliphatic carbocycles. The van der Waals surface area contributed by atoms with E-state index in [-0.39, 0.29) is 41.1 Å². The number of hydrogen-bond donors (Lipinski definition) is 1. The number of fused-ring (bicyclic) bond motifs is 1. The monoisotopic (exact) mass is 542 g/mol. The maximum atomic E-state index is 13.4. The van der Waals surface area contributed by atoms with E-state index in [4.69, 9.17) is 4.74 Å². The molecule has 1 N–H and O–H groups in total. The number of nitro benzene ring substituents is 1. The summed E-state index contributed by atoms with van der Waals surface area (Å²) in [6, 6.07) is 5.88. The molecule has 1 aromatic carbocycles. The zero-order chi connectivity index (χ0) is 27.1. The van der Waals surface area contributed by atoms with Gasteiger partial charge in [-0.3, -0.25) is 19.8 Å². The number of likely N-dealkylation sites (tertiary alicyclic amines) is 2. The minimum absolute atomic E-state index is 0.0381. The Balaban J connectivity index is 1.33. The fourth-order valence-corrected chi connectivity index (χ4v) is 7.39. The van der Waals surface area contributed by atoms with E-state index in [0.29, 0.717) is 11.6 Å². The Bertz CT molecular complexity index is 1160. The first kappa shape index (κ1) is 26.7. The summed E-state index contributed by atoms with van der Waals surface area (Å²) in [5.74, 6) is -1.48. The average molecular weight is 543 g/mol. The zero-order valence-electron chi connectivity index (χ0n) is 21.9. The Morgan fingerprint density at radius 1 is 1.32 bits per heavy atom. The molecule has 0 bridgehead atoms. The lowest BCUT2D eigenvalue weighted by molar-refractivity contribution is -0.384. The van der Waals surface area contributed by atoms with Crippen LogP contribution in [0, 0.1) is 22.0 Å². The molecule has 10 nitrogen and oxygen atoms in total. The Labute approximate surface area is 226 Å². The predicted octanol–water partition coefficient (Wildman–Crippen LogP) is 2.73. The van der Waals surface area contributed by atoms with Gasteiger partial charge in [-0.2, -0.15) is 0 Å². The van der Waals surface area contributed by atoms with E-state index in [2.05, 4.69) is 29.1 Å². The smallest absolute Gasteiger partial charge is 0.356 e. The van der Waals surface area contributed by atoms with Gasteiger partial charge in [-0.1, -0.05) is 13.0 Å². The third kappa shape index (κ3) is 4.94. The largest absolute Gasteiger partial charge is 0.456 e. The number of ether oxygens (including phenoxy) is 1. The number of likely N-dealkylation sites (N-methyl/N-ethyl adjacent to an activating group) is 1. The summed E-state index contributed by atoms with van der Waals surface area (Å²) < 4.78 is 5.61. The van der Waals surface area contributed by atoms with Gasteiger partial charge in [0.05, 0.1) is 23.0 Å². The van der Waals surface area contributed by atoms with Crippen LogP contribution in [0.2, 0.25) is 0 Å². The number of amides is 1. The quantitative estimate of drug-likeness (QED) is 0.218. The summed E-state index contributed by atoms with van der Waals surface area (Å²) >= 11 is 1.65. The topological polar surface area (TPSA) is 116 Å². The molecule has 0 radical (unpaired) electrons. The molecule has 0 unspecified atom stereocenters. The minimum atomic E-state index is -0.804. The van der Waals surface area contributed by atoms with E-state index in [1.807, 2.05) is 6.92 Å². The van der Waals surface area contributed by atoms with E-state index in [1.165, 1.54) is 23.5 Å². The minimum Gasteiger partial charge on any atom is -0.456 e. The Hall–Kier alpha value is -2.89. The number of nitrogens with zero attached hydrogens (tertiary/aromatic N) is 4.